The summed E-state index contributed by atoms with van der Waals surface area (Å²) in [5, 5.41) is 3.64. The first-order chi connectivity index (χ1) is 8.33. The van der Waals surface area contributed by atoms with Gasteiger partial charge in [0.2, 0.25) is 0 Å². The predicted molar refractivity (Wildman–Crippen MR) is 70.9 cm³/mol. The van der Waals surface area contributed by atoms with Crippen molar-refractivity contribution in [2.24, 2.45) is 0 Å². The largest absolute Gasteiger partial charge is 0.453 e. The lowest BCUT2D eigenvalue weighted by Gasteiger charge is -2.28. The lowest BCUT2D eigenvalue weighted by Crippen LogP contribution is -2.43. The van der Waals surface area contributed by atoms with Crippen molar-refractivity contribution in [3.05, 3.63) is 22.6 Å². The number of halogens is 1. The molecule has 1 aromatic heterocycles. The molecule has 3 nitrogen and oxygen atoms in total. The molecule has 0 spiro atoms. The van der Waals surface area contributed by atoms with E-state index in [0.29, 0.717) is 12.1 Å². The molecule has 0 saturated carbocycles. The van der Waals surface area contributed by atoms with Gasteiger partial charge in [0.25, 0.3) is 0 Å². The molecule has 4 heteroatoms. The summed E-state index contributed by atoms with van der Waals surface area (Å²) in [6.07, 6.45) is 5.33. The second-order valence-electron chi connectivity index (χ2n) is 5.09. The van der Waals surface area contributed by atoms with E-state index >= 15 is 0 Å². The van der Waals surface area contributed by atoms with Gasteiger partial charge in [-0.3, -0.25) is 4.90 Å². The fourth-order valence-corrected chi connectivity index (χ4v) is 3.52. The van der Waals surface area contributed by atoms with E-state index in [1.54, 1.807) is 0 Å². The minimum atomic E-state index is 0.705. The van der Waals surface area contributed by atoms with E-state index in [0.717, 1.165) is 17.0 Å². The van der Waals surface area contributed by atoms with Crippen molar-refractivity contribution in [3.63, 3.8) is 0 Å². The van der Waals surface area contributed by atoms with E-state index < -0.39 is 0 Å². The summed E-state index contributed by atoms with van der Waals surface area (Å²) in [4.78, 5) is 2.58. The molecular formula is C13H19BrN2O. The van der Waals surface area contributed by atoms with Crippen LogP contribution in [0.15, 0.2) is 21.2 Å². The van der Waals surface area contributed by atoms with Gasteiger partial charge in [-0.25, -0.2) is 0 Å². The molecule has 1 N–H and O–H groups in total. The Labute approximate surface area is 111 Å². The lowest BCUT2D eigenvalue weighted by atomic mass is 10.0. The minimum Gasteiger partial charge on any atom is -0.453 e. The highest BCUT2D eigenvalue weighted by atomic mass is 79.9. The summed E-state index contributed by atoms with van der Waals surface area (Å²) in [5.41, 5.74) is 0. The number of nitrogens with zero attached hydrogens (tertiary/aromatic N) is 1. The molecule has 2 aliphatic heterocycles. The Kier molecular flexibility index (Phi) is 3.54. The first-order valence-electron chi connectivity index (χ1n) is 6.54. The number of hydrogen-bond acceptors (Lipinski definition) is 3. The number of furan rings is 1. The fraction of sp³-hybridized carbons (Fsp3) is 0.692. The summed E-state index contributed by atoms with van der Waals surface area (Å²) in [7, 11) is 0. The van der Waals surface area contributed by atoms with Crippen LogP contribution < -0.4 is 5.32 Å². The molecule has 2 atom stereocenters. The normalized spacial score (nSPS) is 30.2. The lowest BCUT2D eigenvalue weighted by molar-refractivity contribution is 0.191. The highest BCUT2D eigenvalue weighted by molar-refractivity contribution is 9.10. The third-order valence-corrected chi connectivity index (χ3v) is 4.39. The highest BCUT2D eigenvalue weighted by Crippen LogP contribution is 2.27. The summed E-state index contributed by atoms with van der Waals surface area (Å²) in [5.74, 6) is 1.07. The van der Waals surface area contributed by atoms with E-state index in [1.165, 1.54) is 38.8 Å². The van der Waals surface area contributed by atoms with Crippen LogP contribution in [0.25, 0.3) is 0 Å². The van der Waals surface area contributed by atoms with Gasteiger partial charge in [0, 0.05) is 12.1 Å². The van der Waals surface area contributed by atoms with Gasteiger partial charge in [0.1, 0.15) is 5.76 Å². The Bertz CT molecular complexity index is 373. The van der Waals surface area contributed by atoms with Crippen LogP contribution in [0.5, 0.6) is 0 Å². The first kappa shape index (κ1) is 11.8. The molecule has 3 rings (SSSR count). The standard InChI is InChI=1S/C13H19BrN2O/c14-13-6-5-10(17-13)9-16-8-2-4-12(16)11-3-1-7-15-11/h5-6,11-12,15H,1-4,7-9H2. The van der Waals surface area contributed by atoms with Crippen molar-refractivity contribution in [1.82, 2.24) is 10.2 Å². The summed E-state index contributed by atoms with van der Waals surface area (Å²) in [6, 6.07) is 5.47. The van der Waals surface area contributed by atoms with Crippen LogP contribution in [0.3, 0.4) is 0 Å². The molecule has 2 unspecified atom stereocenters. The average molecular weight is 299 g/mol. The van der Waals surface area contributed by atoms with E-state index in [4.69, 9.17) is 4.42 Å². The van der Waals surface area contributed by atoms with Gasteiger partial charge < -0.3 is 9.73 Å². The molecule has 2 aliphatic rings. The predicted octanol–water partition coefficient (Wildman–Crippen LogP) is 2.76. The zero-order valence-electron chi connectivity index (χ0n) is 9.99. The smallest absolute Gasteiger partial charge is 0.169 e. The Morgan fingerprint density at radius 2 is 2.29 bits per heavy atom. The van der Waals surface area contributed by atoms with Crippen molar-refractivity contribution < 1.29 is 4.42 Å². The quantitative estimate of drug-likeness (QED) is 0.930. The van der Waals surface area contributed by atoms with Crippen LogP contribution >= 0.6 is 15.9 Å². The topological polar surface area (TPSA) is 28.4 Å². The first-order valence-corrected chi connectivity index (χ1v) is 7.34. The summed E-state index contributed by atoms with van der Waals surface area (Å²) >= 11 is 3.37. The second kappa shape index (κ2) is 5.12. The molecule has 0 radical (unpaired) electrons. The Balaban J connectivity index is 1.65. The average Bonchev–Trinajstić information content (AvgIpc) is 3.00. The molecular weight excluding hydrogens is 280 g/mol. The number of hydrogen-bond donors (Lipinski definition) is 1. The van der Waals surface area contributed by atoms with Gasteiger partial charge in [-0.05, 0) is 66.8 Å². The molecule has 17 heavy (non-hydrogen) atoms. The van der Waals surface area contributed by atoms with Crippen LogP contribution in [0.1, 0.15) is 31.4 Å². The van der Waals surface area contributed by atoms with Gasteiger partial charge in [-0.15, -0.1) is 0 Å². The zero-order chi connectivity index (χ0) is 11.7. The van der Waals surface area contributed by atoms with Gasteiger partial charge in [0.15, 0.2) is 4.67 Å². The van der Waals surface area contributed by atoms with E-state index in [1.807, 2.05) is 6.07 Å². The van der Waals surface area contributed by atoms with Gasteiger partial charge in [-0.1, -0.05) is 0 Å². The molecule has 2 saturated heterocycles. The SMILES string of the molecule is Brc1ccc(CN2CCCC2C2CCCN2)o1. The molecule has 0 amide bonds. The molecule has 0 aliphatic carbocycles. The van der Waals surface area contributed by atoms with Gasteiger partial charge in [-0.2, -0.15) is 0 Å². The Morgan fingerprint density at radius 3 is 3.00 bits per heavy atom. The van der Waals surface area contributed by atoms with Crippen molar-refractivity contribution in [2.75, 3.05) is 13.1 Å². The van der Waals surface area contributed by atoms with Crippen LogP contribution in [0, 0.1) is 0 Å². The van der Waals surface area contributed by atoms with E-state index in [-0.39, 0.29) is 0 Å². The summed E-state index contributed by atoms with van der Waals surface area (Å²) < 4.78 is 6.45. The van der Waals surface area contributed by atoms with Crippen molar-refractivity contribution in [2.45, 2.75) is 44.3 Å². The third-order valence-electron chi connectivity index (χ3n) is 3.96. The van der Waals surface area contributed by atoms with Crippen LogP contribution in [0.2, 0.25) is 0 Å². The maximum Gasteiger partial charge on any atom is 0.169 e. The molecule has 3 heterocycles. The fourth-order valence-electron chi connectivity index (χ4n) is 3.18. The molecule has 1 aromatic rings. The second-order valence-corrected chi connectivity index (χ2v) is 5.87. The number of rotatable bonds is 3. The minimum absolute atomic E-state index is 0.705. The zero-order valence-corrected chi connectivity index (χ0v) is 11.6. The van der Waals surface area contributed by atoms with Gasteiger partial charge in [0.05, 0.1) is 6.54 Å². The van der Waals surface area contributed by atoms with Crippen LogP contribution in [0.4, 0.5) is 0 Å². The maximum absolute atomic E-state index is 5.61. The monoisotopic (exact) mass is 298 g/mol. The van der Waals surface area contributed by atoms with Crippen molar-refractivity contribution >= 4 is 15.9 Å². The van der Waals surface area contributed by atoms with Crippen LogP contribution in [-0.4, -0.2) is 30.1 Å². The van der Waals surface area contributed by atoms with E-state index in [9.17, 15) is 0 Å². The third kappa shape index (κ3) is 2.59. The number of nitrogens with one attached hydrogen (secondary N) is 1. The highest BCUT2D eigenvalue weighted by Gasteiger charge is 2.33. The Hall–Kier alpha value is -0.320. The molecule has 2 fully saturated rings. The van der Waals surface area contributed by atoms with Crippen molar-refractivity contribution in [3.8, 4) is 0 Å². The molecule has 0 bridgehead atoms. The Morgan fingerprint density at radius 1 is 1.35 bits per heavy atom. The molecule has 0 aromatic carbocycles. The van der Waals surface area contributed by atoms with Gasteiger partial charge >= 0.3 is 0 Å². The molecule has 94 valence electrons. The maximum atomic E-state index is 5.61. The summed E-state index contributed by atoms with van der Waals surface area (Å²) in [6.45, 7) is 3.36. The number of likely N-dealkylation sites (tertiary alicyclic amines) is 1. The van der Waals surface area contributed by atoms with Crippen LogP contribution in [-0.2, 0) is 6.54 Å². The van der Waals surface area contributed by atoms with E-state index in [2.05, 4.69) is 32.2 Å². The van der Waals surface area contributed by atoms with Crippen molar-refractivity contribution in [1.29, 1.82) is 0 Å².